The van der Waals surface area contributed by atoms with Gasteiger partial charge in [-0.25, -0.2) is 0 Å². The molecule has 0 spiro atoms. The highest BCUT2D eigenvalue weighted by Crippen LogP contribution is 2.32. The van der Waals surface area contributed by atoms with Crippen molar-refractivity contribution >= 4 is 0 Å². The van der Waals surface area contributed by atoms with E-state index >= 15 is 0 Å². The van der Waals surface area contributed by atoms with Gasteiger partial charge in [-0.1, -0.05) is 13.8 Å². The monoisotopic (exact) mass is 142 g/mol. The maximum atomic E-state index is 5.69. The van der Waals surface area contributed by atoms with E-state index in [0.29, 0.717) is 5.41 Å². The zero-order valence-electron chi connectivity index (χ0n) is 7.22. The lowest BCUT2D eigenvalue weighted by Crippen LogP contribution is -2.33. The van der Waals surface area contributed by atoms with Gasteiger partial charge in [0.2, 0.25) is 0 Å². The van der Waals surface area contributed by atoms with Crippen LogP contribution in [0.4, 0.5) is 0 Å². The molecule has 10 heavy (non-hydrogen) atoms. The van der Waals surface area contributed by atoms with Gasteiger partial charge in [0.1, 0.15) is 0 Å². The van der Waals surface area contributed by atoms with Crippen LogP contribution in [-0.2, 0) is 0 Å². The molecular formula is C8H18N2. The van der Waals surface area contributed by atoms with Gasteiger partial charge in [-0.15, -0.1) is 0 Å². The highest BCUT2D eigenvalue weighted by molar-refractivity contribution is 4.90. The van der Waals surface area contributed by atoms with Crippen LogP contribution in [0.5, 0.6) is 0 Å². The molecule has 0 bridgehead atoms. The highest BCUT2D eigenvalue weighted by atomic mass is 15.1. The Hall–Kier alpha value is -0.0800. The van der Waals surface area contributed by atoms with Crippen molar-refractivity contribution < 1.29 is 0 Å². The van der Waals surface area contributed by atoms with E-state index in [1.807, 2.05) is 0 Å². The van der Waals surface area contributed by atoms with Crippen molar-refractivity contribution in [1.29, 1.82) is 0 Å². The quantitative estimate of drug-likeness (QED) is 0.579. The molecule has 60 valence electrons. The Labute approximate surface area is 63.4 Å². The molecule has 0 aromatic rings. The van der Waals surface area contributed by atoms with Crippen LogP contribution in [0.1, 0.15) is 13.8 Å². The molecule has 1 heterocycles. The summed E-state index contributed by atoms with van der Waals surface area (Å²) < 4.78 is 0. The van der Waals surface area contributed by atoms with E-state index < -0.39 is 0 Å². The van der Waals surface area contributed by atoms with Gasteiger partial charge in [0.15, 0.2) is 0 Å². The summed E-state index contributed by atoms with van der Waals surface area (Å²) in [5.41, 5.74) is 6.06. The van der Waals surface area contributed by atoms with E-state index in [1.54, 1.807) is 0 Å². The van der Waals surface area contributed by atoms with E-state index in [4.69, 9.17) is 5.73 Å². The predicted octanol–water partition coefficient (Wildman–Crippen LogP) is 0.533. The molecule has 0 aromatic heterocycles. The first kappa shape index (κ1) is 8.02. The molecule has 2 unspecified atom stereocenters. The molecule has 2 heteroatoms. The van der Waals surface area contributed by atoms with Crippen LogP contribution in [0.2, 0.25) is 0 Å². The van der Waals surface area contributed by atoms with Crippen LogP contribution in [0.3, 0.4) is 0 Å². The van der Waals surface area contributed by atoms with E-state index in [2.05, 4.69) is 25.8 Å². The third-order valence-corrected chi connectivity index (χ3v) is 2.87. The Morgan fingerprint density at radius 1 is 1.70 bits per heavy atom. The maximum Gasteiger partial charge on any atom is 0.00475 e. The zero-order valence-corrected chi connectivity index (χ0v) is 7.22. The van der Waals surface area contributed by atoms with E-state index in [1.165, 1.54) is 6.54 Å². The Kier molecular flexibility index (Phi) is 2.02. The number of rotatable bonds is 1. The van der Waals surface area contributed by atoms with Crippen molar-refractivity contribution in [2.24, 2.45) is 17.1 Å². The molecule has 1 aliphatic heterocycles. The third kappa shape index (κ3) is 1.18. The van der Waals surface area contributed by atoms with E-state index in [0.717, 1.165) is 19.0 Å². The molecule has 0 amide bonds. The van der Waals surface area contributed by atoms with E-state index in [9.17, 15) is 0 Å². The van der Waals surface area contributed by atoms with Crippen molar-refractivity contribution in [2.45, 2.75) is 13.8 Å². The first-order chi connectivity index (χ1) is 4.58. The van der Waals surface area contributed by atoms with Crippen LogP contribution in [-0.4, -0.2) is 31.6 Å². The standard InChI is InChI=1S/C8H18N2/c1-7-4-10(3)6-8(7,2)5-9/h7H,4-6,9H2,1-3H3. The fourth-order valence-corrected chi connectivity index (χ4v) is 1.79. The summed E-state index contributed by atoms with van der Waals surface area (Å²) in [6.07, 6.45) is 0. The lowest BCUT2D eigenvalue weighted by Gasteiger charge is -2.25. The third-order valence-electron chi connectivity index (χ3n) is 2.87. The van der Waals surface area contributed by atoms with Crippen LogP contribution in [0, 0.1) is 11.3 Å². The largest absolute Gasteiger partial charge is 0.330 e. The lowest BCUT2D eigenvalue weighted by molar-refractivity contribution is 0.274. The fraction of sp³-hybridized carbons (Fsp3) is 1.00. The summed E-state index contributed by atoms with van der Waals surface area (Å²) in [7, 11) is 2.16. The Morgan fingerprint density at radius 2 is 2.30 bits per heavy atom. The van der Waals surface area contributed by atoms with Crippen molar-refractivity contribution in [2.75, 3.05) is 26.7 Å². The molecule has 1 rings (SSSR count). The van der Waals surface area contributed by atoms with Gasteiger partial charge in [-0.2, -0.15) is 0 Å². The van der Waals surface area contributed by atoms with Crippen molar-refractivity contribution in [3.05, 3.63) is 0 Å². The number of nitrogens with zero attached hydrogens (tertiary/aromatic N) is 1. The van der Waals surface area contributed by atoms with Crippen LogP contribution < -0.4 is 5.73 Å². The molecule has 0 aliphatic carbocycles. The highest BCUT2D eigenvalue weighted by Gasteiger charge is 2.37. The summed E-state index contributed by atoms with van der Waals surface area (Å²) >= 11 is 0. The normalized spacial score (nSPS) is 42.6. The fourth-order valence-electron chi connectivity index (χ4n) is 1.79. The Balaban J connectivity index is 2.61. The topological polar surface area (TPSA) is 29.3 Å². The molecule has 0 aromatic carbocycles. The van der Waals surface area contributed by atoms with Crippen LogP contribution in [0.15, 0.2) is 0 Å². The van der Waals surface area contributed by atoms with Gasteiger partial charge in [-0.05, 0) is 24.9 Å². The molecule has 2 N–H and O–H groups in total. The van der Waals surface area contributed by atoms with Gasteiger partial charge < -0.3 is 10.6 Å². The number of nitrogens with two attached hydrogens (primary N) is 1. The van der Waals surface area contributed by atoms with Crippen molar-refractivity contribution in [1.82, 2.24) is 4.90 Å². The van der Waals surface area contributed by atoms with Gasteiger partial charge in [-0.3, -0.25) is 0 Å². The van der Waals surface area contributed by atoms with Crippen LogP contribution in [0.25, 0.3) is 0 Å². The average molecular weight is 142 g/mol. The number of hydrogen-bond acceptors (Lipinski definition) is 2. The van der Waals surface area contributed by atoms with Gasteiger partial charge >= 0.3 is 0 Å². The first-order valence-corrected chi connectivity index (χ1v) is 3.97. The summed E-state index contributed by atoms with van der Waals surface area (Å²) in [6, 6.07) is 0. The molecular weight excluding hydrogens is 124 g/mol. The molecule has 0 radical (unpaired) electrons. The predicted molar refractivity (Wildman–Crippen MR) is 43.8 cm³/mol. The summed E-state index contributed by atoms with van der Waals surface area (Å²) in [5.74, 6) is 0.752. The van der Waals surface area contributed by atoms with Gasteiger partial charge in [0.05, 0.1) is 0 Å². The number of hydrogen-bond donors (Lipinski definition) is 1. The SMILES string of the molecule is CC1CN(C)CC1(C)CN. The van der Waals surface area contributed by atoms with Gasteiger partial charge in [0, 0.05) is 13.1 Å². The van der Waals surface area contributed by atoms with Crippen molar-refractivity contribution in [3.8, 4) is 0 Å². The van der Waals surface area contributed by atoms with Gasteiger partial charge in [0.25, 0.3) is 0 Å². The average Bonchev–Trinajstić information content (AvgIpc) is 2.09. The minimum absolute atomic E-state index is 0.370. The molecule has 2 nitrogen and oxygen atoms in total. The number of likely N-dealkylation sites (tertiary alicyclic amines) is 1. The second kappa shape index (κ2) is 2.51. The zero-order chi connectivity index (χ0) is 7.78. The molecule has 1 fully saturated rings. The minimum Gasteiger partial charge on any atom is -0.330 e. The Bertz CT molecular complexity index is 124. The summed E-state index contributed by atoms with van der Waals surface area (Å²) in [6.45, 7) is 7.74. The Morgan fingerprint density at radius 3 is 2.50 bits per heavy atom. The molecule has 1 aliphatic rings. The molecule has 0 saturated carbocycles. The summed E-state index contributed by atoms with van der Waals surface area (Å²) in [4.78, 5) is 2.36. The summed E-state index contributed by atoms with van der Waals surface area (Å²) in [5, 5.41) is 0. The lowest BCUT2D eigenvalue weighted by atomic mass is 9.81. The molecule has 1 saturated heterocycles. The first-order valence-electron chi connectivity index (χ1n) is 3.97. The van der Waals surface area contributed by atoms with Crippen molar-refractivity contribution in [3.63, 3.8) is 0 Å². The van der Waals surface area contributed by atoms with E-state index in [-0.39, 0.29) is 0 Å². The maximum absolute atomic E-state index is 5.69. The molecule has 2 atom stereocenters. The second-order valence-corrected chi connectivity index (χ2v) is 3.96. The second-order valence-electron chi connectivity index (χ2n) is 3.96. The minimum atomic E-state index is 0.370. The smallest absolute Gasteiger partial charge is 0.00475 e. The van der Waals surface area contributed by atoms with Crippen LogP contribution >= 0.6 is 0 Å².